The molecule has 30 heavy (non-hydrogen) atoms. The Balaban J connectivity index is 1.56. The largest absolute Gasteiger partial charge is 0.507 e. The zero-order chi connectivity index (χ0) is 21.3. The van der Waals surface area contributed by atoms with E-state index in [0.717, 1.165) is 72.8 Å². The van der Waals surface area contributed by atoms with Crippen LogP contribution in [0.4, 0.5) is 4.39 Å². The molecule has 2 aromatic carbocycles. The van der Waals surface area contributed by atoms with E-state index in [1.165, 1.54) is 0 Å². The first-order valence-corrected chi connectivity index (χ1v) is 11.4. The number of fused-ring (bicyclic) bond motifs is 2. The van der Waals surface area contributed by atoms with Crippen LogP contribution in [-0.2, 0) is 10.8 Å². The average Bonchev–Trinajstić information content (AvgIpc) is 3.44. The fraction of sp³-hybridized carbons (Fsp3) is 0.407. The minimum absolute atomic E-state index is 0.000834. The predicted molar refractivity (Wildman–Crippen MR) is 123 cm³/mol. The Morgan fingerprint density at radius 2 is 1.63 bits per heavy atom. The molecule has 3 heteroatoms. The van der Waals surface area contributed by atoms with E-state index >= 15 is 4.39 Å². The second-order valence-corrected chi connectivity index (χ2v) is 10.4. The van der Waals surface area contributed by atoms with Crippen LogP contribution in [0.5, 0.6) is 0 Å². The third kappa shape index (κ3) is 2.95. The minimum Gasteiger partial charge on any atom is -0.507 e. The lowest BCUT2D eigenvalue weighted by Gasteiger charge is -2.38. The molecule has 156 valence electrons. The number of aliphatic hydroxyl groups is 1. The van der Waals surface area contributed by atoms with Gasteiger partial charge < -0.3 is 5.11 Å². The summed E-state index contributed by atoms with van der Waals surface area (Å²) in [5.41, 5.74) is 5.64. The van der Waals surface area contributed by atoms with E-state index in [9.17, 15) is 5.11 Å². The number of benzene rings is 2. The second kappa shape index (κ2) is 6.72. The number of halogens is 2. The van der Waals surface area contributed by atoms with Gasteiger partial charge in [0.15, 0.2) is 0 Å². The van der Waals surface area contributed by atoms with Crippen molar-refractivity contribution >= 4 is 22.9 Å². The van der Waals surface area contributed by atoms with Gasteiger partial charge in [-0.15, -0.1) is 0 Å². The van der Waals surface area contributed by atoms with Gasteiger partial charge in [0.25, 0.3) is 0 Å². The van der Waals surface area contributed by atoms with Gasteiger partial charge >= 0.3 is 0 Å². The van der Waals surface area contributed by atoms with Gasteiger partial charge in [-0.3, -0.25) is 0 Å². The van der Waals surface area contributed by atoms with Crippen LogP contribution in [0.15, 0.2) is 42.5 Å². The topological polar surface area (TPSA) is 20.2 Å². The SMILES string of the molecule is C=C(c1ccc(C(O)=C2CCC2)cc1)c1c(Cl)cc2c(c1F)C1(CCC2(C)C)CC1. The maximum Gasteiger partial charge on any atom is 0.136 e. The summed E-state index contributed by atoms with van der Waals surface area (Å²) in [6.07, 6.45) is 7.30. The lowest BCUT2D eigenvalue weighted by Crippen LogP contribution is -2.31. The highest BCUT2D eigenvalue weighted by Gasteiger charge is 2.52. The molecule has 2 aromatic rings. The van der Waals surface area contributed by atoms with Gasteiger partial charge in [-0.25, -0.2) is 4.39 Å². The Morgan fingerprint density at radius 1 is 1.03 bits per heavy atom. The fourth-order valence-corrected chi connectivity index (χ4v) is 5.48. The highest BCUT2D eigenvalue weighted by atomic mass is 35.5. The van der Waals surface area contributed by atoms with Crippen molar-refractivity contribution in [3.8, 4) is 0 Å². The molecule has 0 unspecified atom stereocenters. The Labute approximate surface area is 183 Å². The summed E-state index contributed by atoms with van der Waals surface area (Å²) in [6, 6.07) is 9.56. The van der Waals surface area contributed by atoms with Crippen molar-refractivity contribution in [2.24, 2.45) is 0 Å². The second-order valence-electron chi connectivity index (χ2n) is 10.00. The lowest BCUT2D eigenvalue weighted by molar-refractivity contribution is 0.369. The van der Waals surface area contributed by atoms with Crippen molar-refractivity contribution in [3.05, 3.63) is 81.1 Å². The summed E-state index contributed by atoms with van der Waals surface area (Å²) in [5.74, 6) is 0.200. The fourth-order valence-electron chi connectivity index (χ4n) is 5.18. The zero-order valence-corrected chi connectivity index (χ0v) is 18.5. The summed E-state index contributed by atoms with van der Waals surface area (Å²) >= 11 is 6.65. The molecule has 3 aliphatic carbocycles. The van der Waals surface area contributed by atoms with E-state index < -0.39 is 0 Å². The van der Waals surface area contributed by atoms with Crippen LogP contribution in [-0.4, -0.2) is 5.11 Å². The van der Waals surface area contributed by atoms with E-state index in [0.29, 0.717) is 21.9 Å². The third-order valence-corrected chi connectivity index (χ3v) is 7.96. The minimum atomic E-state index is -0.184. The van der Waals surface area contributed by atoms with Crippen molar-refractivity contribution in [1.29, 1.82) is 0 Å². The van der Waals surface area contributed by atoms with Crippen molar-refractivity contribution in [3.63, 3.8) is 0 Å². The van der Waals surface area contributed by atoms with Gasteiger partial charge in [-0.2, -0.15) is 0 Å². The maximum absolute atomic E-state index is 16.0. The van der Waals surface area contributed by atoms with Gasteiger partial charge in [-0.05, 0) is 89.7 Å². The van der Waals surface area contributed by atoms with Crippen molar-refractivity contribution in [1.82, 2.24) is 0 Å². The van der Waals surface area contributed by atoms with Gasteiger partial charge in [0.2, 0.25) is 0 Å². The Morgan fingerprint density at radius 3 is 2.20 bits per heavy atom. The Kier molecular flexibility index (Phi) is 4.45. The summed E-state index contributed by atoms with van der Waals surface area (Å²) in [6.45, 7) is 8.58. The number of rotatable bonds is 3. The van der Waals surface area contributed by atoms with Gasteiger partial charge in [0.1, 0.15) is 11.6 Å². The number of hydrogen-bond acceptors (Lipinski definition) is 1. The summed E-state index contributed by atoms with van der Waals surface area (Å²) in [5, 5.41) is 10.8. The normalized spacial score (nSPS) is 20.5. The summed E-state index contributed by atoms with van der Waals surface area (Å²) in [4.78, 5) is 0. The summed E-state index contributed by atoms with van der Waals surface area (Å²) < 4.78 is 16.0. The lowest BCUT2D eigenvalue weighted by atomic mass is 9.66. The highest BCUT2D eigenvalue weighted by molar-refractivity contribution is 6.32. The van der Waals surface area contributed by atoms with Gasteiger partial charge in [-0.1, -0.05) is 56.3 Å². The number of allylic oxidation sites excluding steroid dienone is 1. The van der Waals surface area contributed by atoms with Crippen LogP contribution in [0, 0.1) is 5.82 Å². The monoisotopic (exact) mass is 422 g/mol. The molecule has 0 bridgehead atoms. The molecule has 0 amide bonds. The average molecular weight is 423 g/mol. The quantitative estimate of drug-likeness (QED) is 0.495. The molecular weight excluding hydrogens is 395 g/mol. The van der Waals surface area contributed by atoms with Crippen molar-refractivity contribution in [2.75, 3.05) is 0 Å². The van der Waals surface area contributed by atoms with E-state index in [2.05, 4.69) is 20.4 Å². The first kappa shape index (κ1) is 19.9. The number of hydrogen-bond donors (Lipinski definition) is 1. The molecule has 0 aliphatic heterocycles. The van der Waals surface area contributed by atoms with Crippen LogP contribution in [0.2, 0.25) is 5.02 Å². The summed E-state index contributed by atoms with van der Waals surface area (Å²) in [7, 11) is 0. The van der Waals surface area contributed by atoms with Gasteiger partial charge in [0.05, 0.1) is 5.02 Å². The molecule has 3 aliphatic rings. The molecule has 2 fully saturated rings. The molecule has 1 spiro atoms. The molecular formula is C27H28ClFO. The van der Waals surface area contributed by atoms with E-state index in [1.54, 1.807) is 0 Å². The molecule has 1 nitrogen and oxygen atoms in total. The Bertz CT molecular complexity index is 1080. The van der Waals surface area contributed by atoms with Crippen molar-refractivity contribution < 1.29 is 9.50 Å². The first-order chi connectivity index (χ1) is 14.2. The van der Waals surface area contributed by atoms with Crippen LogP contribution >= 0.6 is 11.6 Å². The molecule has 0 heterocycles. The van der Waals surface area contributed by atoms with Crippen LogP contribution in [0.3, 0.4) is 0 Å². The molecule has 0 saturated heterocycles. The predicted octanol–water partition coefficient (Wildman–Crippen LogP) is 8.10. The Hall–Kier alpha value is -2.06. The molecule has 1 N–H and O–H groups in total. The third-order valence-electron chi connectivity index (χ3n) is 7.66. The van der Waals surface area contributed by atoms with E-state index in [1.807, 2.05) is 30.3 Å². The maximum atomic E-state index is 16.0. The molecule has 0 aromatic heterocycles. The van der Waals surface area contributed by atoms with Gasteiger partial charge in [0, 0.05) is 11.1 Å². The van der Waals surface area contributed by atoms with Crippen LogP contribution < -0.4 is 0 Å². The molecule has 0 atom stereocenters. The van der Waals surface area contributed by atoms with Crippen LogP contribution in [0.25, 0.3) is 11.3 Å². The van der Waals surface area contributed by atoms with Crippen LogP contribution in [0.1, 0.15) is 86.6 Å². The van der Waals surface area contributed by atoms with E-state index in [-0.39, 0.29) is 16.6 Å². The highest BCUT2D eigenvalue weighted by Crippen LogP contribution is 2.60. The molecule has 5 rings (SSSR count). The standard InChI is InChI=1S/C27H28ClFO/c1-16(17-7-9-19(10-8-17)25(30)18-5-4-6-18)22-21(28)15-20-23(24(22)29)27(13-14-27)12-11-26(20,2)3/h7-10,15,30H,1,4-6,11-14H2,2-3H3. The number of aliphatic hydroxyl groups excluding tert-OH is 1. The smallest absolute Gasteiger partial charge is 0.136 e. The first-order valence-electron chi connectivity index (χ1n) is 11.0. The molecule has 0 radical (unpaired) electrons. The molecule has 2 saturated carbocycles. The van der Waals surface area contributed by atoms with Crippen molar-refractivity contribution in [2.45, 2.75) is 69.6 Å². The van der Waals surface area contributed by atoms with E-state index in [4.69, 9.17) is 11.6 Å². The zero-order valence-electron chi connectivity index (χ0n) is 17.7.